The predicted octanol–water partition coefficient (Wildman–Crippen LogP) is 2.03. The molecule has 27 heavy (non-hydrogen) atoms. The molecule has 3 rings (SSSR count). The van der Waals surface area contributed by atoms with Gasteiger partial charge >= 0.3 is 6.18 Å². The summed E-state index contributed by atoms with van der Waals surface area (Å²) in [4.78, 5) is 28.0. The second kappa shape index (κ2) is 7.53. The zero-order valence-corrected chi connectivity index (χ0v) is 15.1. The van der Waals surface area contributed by atoms with Crippen molar-refractivity contribution in [2.45, 2.75) is 25.6 Å². The van der Waals surface area contributed by atoms with Crippen LogP contribution in [0.1, 0.15) is 18.5 Å². The number of nitrogens with zero attached hydrogens (tertiary/aromatic N) is 6. The molecule has 0 aromatic carbocycles. The Bertz CT molecular complexity index is 843. The number of piperidine rings is 1. The van der Waals surface area contributed by atoms with Crippen LogP contribution in [0.2, 0.25) is 0 Å². The Morgan fingerprint density at radius 2 is 1.93 bits per heavy atom. The lowest BCUT2D eigenvalue weighted by atomic mass is 9.96. The third-order valence-corrected chi connectivity index (χ3v) is 4.59. The number of halogens is 3. The molecule has 0 atom stereocenters. The van der Waals surface area contributed by atoms with E-state index in [0.717, 1.165) is 38.1 Å². The van der Waals surface area contributed by atoms with E-state index in [2.05, 4.69) is 19.9 Å². The molecule has 0 N–H and O–H groups in total. The Labute approximate surface area is 154 Å². The molecule has 0 unspecified atom stereocenters. The molecule has 1 aliphatic heterocycles. The maximum Gasteiger partial charge on any atom is 0.433 e. The van der Waals surface area contributed by atoms with Gasteiger partial charge in [0.15, 0.2) is 5.69 Å². The molecular weight excluding hydrogens is 361 g/mol. The highest BCUT2D eigenvalue weighted by Crippen LogP contribution is 2.26. The Balaban J connectivity index is 1.62. The fourth-order valence-electron chi connectivity index (χ4n) is 3.07. The summed E-state index contributed by atoms with van der Waals surface area (Å²) in [6.07, 6.45) is -0.265. The van der Waals surface area contributed by atoms with Crippen LogP contribution >= 0.6 is 0 Å². The highest BCUT2D eigenvalue weighted by Gasteiger charge is 2.33. The van der Waals surface area contributed by atoms with Crippen LogP contribution in [0.15, 0.2) is 29.5 Å². The number of rotatable bonds is 4. The van der Waals surface area contributed by atoms with Gasteiger partial charge in [0.1, 0.15) is 5.82 Å². The number of aromatic nitrogens is 4. The molecule has 2 aromatic rings. The van der Waals surface area contributed by atoms with E-state index in [1.165, 1.54) is 4.57 Å². The number of anilines is 2. The highest BCUT2D eigenvalue weighted by molar-refractivity contribution is 5.43. The van der Waals surface area contributed by atoms with E-state index in [9.17, 15) is 18.0 Å². The minimum Gasteiger partial charge on any atom is -0.356 e. The Morgan fingerprint density at radius 3 is 2.52 bits per heavy atom. The molecule has 1 fully saturated rings. The molecule has 146 valence electrons. The van der Waals surface area contributed by atoms with Gasteiger partial charge < -0.3 is 9.80 Å². The van der Waals surface area contributed by atoms with Crippen LogP contribution in [0.25, 0.3) is 0 Å². The second-order valence-electron chi connectivity index (χ2n) is 6.80. The van der Waals surface area contributed by atoms with E-state index in [1.807, 2.05) is 25.1 Å². The summed E-state index contributed by atoms with van der Waals surface area (Å²) in [5, 5.41) is 0. The maximum absolute atomic E-state index is 12.6. The monoisotopic (exact) mass is 382 g/mol. The number of hydrogen-bond acceptors (Lipinski definition) is 6. The van der Waals surface area contributed by atoms with Crippen LogP contribution in [-0.4, -0.2) is 46.7 Å². The molecular formula is C17H21F3N6O. The summed E-state index contributed by atoms with van der Waals surface area (Å²) in [5.41, 5.74) is -1.83. The number of hydrogen-bond donors (Lipinski definition) is 0. The van der Waals surface area contributed by atoms with Crippen LogP contribution in [0.3, 0.4) is 0 Å². The lowest BCUT2D eigenvalue weighted by Gasteiger charge is -2.33. The van der Waals surface area contributed by atoms with Crippen LogP contribution < -0.4 is 15.4 Å². The molecule has 0 saturated carbocycles. The molecule has 7 nitrogen and oxygen atoms in total. The topological polar surface area (TPSA) is 67.2 Å². The van der Waals surface area contributed by atoms with E-state index in [1.54, 1.807) is 6.20 Å². The third kappa shape index (κ3) is 4.55. The van der Waals surface area contributed by atoms with Crippen molar-refractivity contribution in [1.29, 1.82) is 0 Å². The highest BCUT2D eigenvalue weighted by atomic mass is 19.4. The summed E-state index contributed by atoms with van der Waals surface area (Å²) in [6.45, 7) is 1.89. The van der Waals surface area contributed by atoms with Gasteiger partial charge in [0.2, 0.25) is 5.95 Å². The van der Waals surface area contributed by atoms with Crippen LogP contribution in [-0.2, 0) is 12.7 Å². The summed E-state index contributed by atoms with van der Waals surface area (Å²) >= 11 is 0. The zero-order valence-electron chi connectivity index (χ0n) is 15.1. The molecule has 1 saturated heterocycles. The lowest BCUT2D eigenvalue weighted by Crippen LogP contribution is -2.37. The first-order chi connectivity index (χ1) is 12.7. The Morgan fingerprint density at radius 1 is 1.22 bits per heavy atom. The molecule has 0 radical (unpaired) electrons. The fourth-order valence-corrected chi connectivity index (χ4v) is 3.07. The lowest BCUT2D eigenvalue weighted by molar-refractivity contribution is -0.141. The minimum atomic E-state index is -4.60. The van der Waals surface area contributed by atoms with Crippen LogP contribution in [0, 0.1) is 5.92 Å². The average molecular weight is 382 g/mol. The van der Waals surface area contributed by atoms with Crippen LogP contribution in [0.4, 0.5) is 24.9 Å². The molecule has 0 spiro atoms. The van der Waals surface area contributed by atoms with E-state index in [0.29, 0.717) is 18.6 Å². The molecule has 3 heterocycles. The van der Waals surface area contributed by atoms with Crippen molar-refractivity contribution in [1.82, 2.24) is 19.5 Å². The van der Waals surface area contributed by atoms with Gasteiger partial charge in [0.25, 0.3) is 5.56 Å². The summed E-state index contributed by atoms with van der Waals surface area (Å²) in [6, 6.07) is 2.41. The first-order valence-electron chi connectivity index (χ1n) is 8.63. The van der Waals surface area contributed by atoms with E-state index >= 15 is 0 Å². The fraction of sp³-hybridized carbons (Fsp3) is 0.529. The van der Waals surface area contributed by atoms with Crippen molar-refractivity contribution in [2.75, 3.05) is 37.0 Å². The smallest absolute Gasteiger partial charge is 0.356 e. The van der Waals surface area contributed by atoms with Crippen molar-refractivity contribution in [3.8, 4) is 0 Å². The summed E-state index contributed by atoms with van der Waals surface area (Å²) in [7, 11) is 3.75. The largest absolute Gasteiger partial charge is 0.433 e. The molecule has 2 aromatic heterocycles. The van der Waals surface area contributed by atoms with Gasteiger partial charge in [-0.05, 0) is 24.8 Å². The quantitative estimate of drug-likeness (QED) is 0.806. The first-order valence-corrected chi connectivity index (χ1v) is 8.63. The van der Waals surface area contributed by atoms with E-state index in [-0.39, 0.29) is 5.92 Å². The minimum absolute atomic E-state index is 0.202. The van der Waals surface area contributed by atoms with Crippen molar-refractivity contribution in [3.63, 3.8) is 0 Å². The van der Waals surface area contributed by atoms with E-state index in [4.69, 9.17) is 0 Å². The normalized spacial score (nSPS) is 15.8. The van der Waals surface area contributed by atoms with Gasteiger partial charge in [-0.1, -0.05) is 0 Å². The van der Waals surface area contributed by atoms with Crippen LogP contribution in [0.5, 0.6) is 0 Å². The SMILES string of the molecule is CN(C)c1nccc(N2CCC(Cn3cnc(C(F)(F)F)cc3=O)CC2)n1. The van der Waals surface area contributed by atoms with Gasteiger partial charge in [-0.25, -0.2) is 9.97 Å². The van der Waals surface area contributed by atoms with Gasteiger partial charge in [0.05, 0.1) is 6.33 Å². The van der Waals surface area contributed by atoms with Crippen molar-refractivity contribution in [2.24, 2.45) is 5.92 Å². The van der Waals surface area contributed by atoms with Crippen molar-refractivity contribution < 1.29 is 13.2 Å². The third-order valence-electron chi connectivity index (χ3n) is 4.59. The zero-order chi connectivity index (χ0) is 19.6. The van der Waals surface area contributed by atoms with Gasteiger partial charge in [-0.3, -0.25) is 9.36 Å². The first kappa shape index (κ1) is 19.1. The maximum atomic E-state index is 12.6. The number of alkyl halides is 3. The van der Waals surface area contributed by atoms with Gasteiger partial charge in [-0.15, -0.1) is 0 Å². The molecule has 0 aliphatic carbocycles. The molecule has 0 amide bonds. The van der Waals surface area contributed by atoms with Gasteiger partial charge in [0, 0.05) is 46.0 Å². The second-order valence-corrected chi connectivity index (χ2v) is 6.80. The Hall–Kier alpha value is -2.65. The molecule has 1 aliphatic rings. The van der Waals surface area contributed by atoms with Crippen molar-refractivity contribution >= 4 is 11.8 Å². The standard InChI is InChI=1S/C17H21F3N6O/c1-24(2)16-21-6-3-14(23-16)25-7-4-12(5-8-25)10-26-11-22-13(9-15(26)27)17(18,19)20/h3,6,9,11-12H,4-5,7-8,10H2,1-2H3. The van der Waals surface area contributed by atoms with E-state index < -0.39 is 17.4 Å². The molecule has 0 bridgehead atoms. The molecule has 10 heteroatoms. The summed E-state index contributed by atoms with van der Waals surface area (Å²) < 4.78 is 39.1. The predicted molar refractivity (Wildman–Crippen MR) is 94.8 cm³/mol. The summed E-state index contributed by atoms with van der Waals surface area (Å²) in [5.74, 6) is 1.69. The Kier molecular flexibility index (Phi) is 5.33. The van der Waals surface area contributed by atoms with Gasteiger partial charge in [-0.2, -0.15) is 18.2 Å². The van der Waals surface area contributed by atoms with Crippen molar-refractivity contribution in [3.05, 3.63) is 40.7 Å². The average Bonchev–Trinajstić information content (AvgIpc) is 2.63.